The quantitative estimate of drug-likeness (QED) is 0.493. The van der Waals surface area contributed by atoms with Gasteiger partial charge in [-0.25, -0.2) is 0 Å². The number of hydrogen-bond acceptors (Lipinski definition) is 4. The summed E-state index contributed by atoms with van der Waals surface area (Å²) in [7, 11) is 3.07. The molecule has 0 fully saturated rings. The lowest BCUT2D eigenvalue weighted by Crippen LogP contribution is -2.24. The van der Waals surface area contributed by atoms with Crippen molar-refractivity contribution in [2.75, 3.05) is 13.1 Å². The molecule has 2 rings (SSSR count). The van der Waals surface area contributed by atoms with E-state index in [9.17, 15) is 0 Å². The average Bonchev–Trinajstić information content (AvgIpc) is 2.46. The van der Waals surface area contributed by atoms with E-state index in [1.165, 1.54) is 21.6 Å². The normalized spacial score (nSPS) is 17.3. The van der Waals surface area contributed by atoms with Crippen LogP contribution in [0.5, 0.6) is 0 Å². The summed E-state index contributed by atoms with van der Waals surface area (Å²) in [4.78, 5) is 4.06. The fourth-order valence-electron chi connectivity index (χ4n) is 1.37. The molecule has 0 spiro atoms. The Morgan fingerprint density at radius 2 is 1.22 bits per heavy atom. The molecule has 2 nitrogen and oxygen atoms in total. The standard InChI is InChI=1S/C12H12N2S4/c15-11(13-7-3-1-4-8-13)17-18-12(16)14-9-5-2-6-10-14/h1-7,9H,8,10H2. The van der Waals surface area contributed by atoms with Crippen molar-refractivity contribution in [1.82, 2.24) is 9.80 Å². The molecule has 6 heteroatoms. The van der Waals surface area contributed by atoms with Crippen LogP contribution in [0.4, 0.5) is 0 Å². The van der Waals surface area contributed by atoms with Crippen LogP contribution in [-0.4, -0.2) is 31.5 Å². The Morgan fingerprint density at radius 3 is 1.56 bits per heavy atom. The molecule has 0 aliphatic carbocycles. The molecule has 0 saturated carbocycles. The Morgan fingerprint density at radius 1 is 0.778 bits per heavy atom. The van der Waals surface area contributed by atoms with E-state index in [0.717, 1.165) is 21.7 Å². The first-order chi connectivity index (χ1) is 8.77. The van der Waals surface area contributed by atoms with Crippen molar-refractivity contribution < 1.29 is 0 Å². The summed E-state index contributed by atoms with van der Waals surface area (Å²) in [6.07, 6.45) is 16.1. The van der Waals surface area contributed by atoms with Gasteiger partial charge < -0.3 is 9.80 Å². The van der Waals surface area contributed by atoms with Crippen LogP contribution in [-0.2, 0) is 0 Å². The van der Waals surface area contributed by atoms with Crippen molar-refractivity contribution in [3.8, 4) is 0 Å². The molecule has 2 aliphatic heterocycles. The molecular formula is C12H12N2S4. The van der Waals surface area contributed by atoms with Crippen LogP contribution in [0.3, 0.4) is 0 Å². The maximum absolute atomic E-state index is 5.37. The first-order valence-corrected chi connectivity index (χ1v) is 8.36. The summed E-state index contributed by atoms with van der Waals surface area (Å²) < 4.78 is 1.67. The zero-order chi connectivity index (χ0) is 12.8. The third kappa shape index (κ3) is 3.98. The minimum absolute atomic E-state index is 0.833. The van der Waals surface area contributed by atoms with Gasteiger partial charge in [-0.05, 0) is 33.7 Å². The van der Waals surface area contributed by atoms with Crippen molar-refractivity contribution >= 4 is 54.7 Å². The second kappa shape index (κ2) is 7.13. The zero-order valence-corrected chi connectivity index (χ0v) is 12.8. The maximum Gasteiger partial charge on any atom is 0.151 e. The second-order valence-electron chi connectivity index (χ2n) is 3.54. The lowest BCUT2D eigenvalue weighted by molar-refractivity contribution is 0.639. The topological polar surface area (TPSA) is 6.48 Å². The zero-order valence-electron chi connectivity index (χ0n) is 9.56. The van der Waals surface area contributed by atoms with Gasteiger partial charge in [-0.2, -0.15) is 0 Å². The molecule has 0 atom stereocenters. The van der Waals surface area contributed by atoms with Crippen LogP contribution in [0.1, 0.15) is 0 Å². The highest BCUT2D eigenvalue weighted by atomic mass is 33.1. The van der Waals surface area contributed by atoms with Gasteiger partial charge in [0.25, 0.3) is 0 Å². The van der Waals surface area contributed by atoms with E-state index in [-0.39, 0.29) is 0 Å². The number of thiocarbonyl (C=S) groups is 2. The van der Waals surface area contributed by atoms with E-state index in [1.54, 1.807) is 0 Å². The largest absolute Gasteiger partial charge is 0.329 e. The smallest absolute Gasteiger partial charge is 0.151 e. The molecule has 94 valence electrons. The van der Waals surface area contributed by atoms with Gasteiger partial charge in [0.2, 0.25) is 0 Å². The lowest BCUT2D eigenvalue weighted by atomic mass is 10.4. The fourth-order valence-corrected chi connectivity index (χ4v) is 3.86. The first-order valence-electron chi connectivity index (χ1n) is 5.40. The van der Waals surface area contributed by atoms with Gasteiger partial charge >= 0.3 is 0 Å². The minimum atomic E-state index is 0.833. The van der Waals surface area contributed by atoms with E-state index in [1.807, 2.05) is 46.5 Å². The summed E-state index contributed by atoms with van der Waals surface area (Å²) in [5, 5.41) is 0. The van der Waals surface area contributed by atoms with E-state index in [4.69, 9.17) is 24.4 Å². The van der Waals surface area contributed by atoms with E-state index < -0.39 is 0 Å². The summed E-state index contributed by atoms with van der Waals surface area (Å²) in [6.45, 7) is 1.67. The molecule has 2 aliphatic rings. The molecular weight excluding hydrogens is 300 g/mol. The Bertz CT molecular complexity index is 409. The van der Waals surface area contributed by atoms with Crippen molar-refractivity contribution in [2.45, 2.75) is 0 Å². The van der Waals surface area contributed by atoms with Crippen LogP contribution in [0.25, 0.3) is 0 Å². The summed E-state index contributed by atoms with van der Waals surface area (Å²) in [5.74, 6) is 0. The van der Waals surface area contributed by atoms with Crippen LogP contribution < -0.4 is 0 Å². The van der Waals surface area contributed by atoms with E-state index in [2.05, 4.69) is 12.2 Å². The maximum atomic E-state index is 5.37. The van der Waals surface area contributed by atoms with Gasteiger partial charge in [0.05, 0.1) is 0 Å². The third-order valence-corrected chi connectivity index (χ3v) is 5.92. The molecule has 18 heavy (non-hydrogen) atoms. The molecule has 0 unspecified atom stereocenters. The fraction of sp³-hybridized carbons (Fsp3) is 0.167. The van der Waals surface area contributed by atoms with Gasteiger partial charge in [-0.1, -0.05) is 48.7 Å². The van der Waals surface area contributed by atoms with Gasteiger partial charge in [-0.3, -0.25) is 0 Å². The van der Waals surface area contributed by atoms with Gasteiger partial charge in [0.1, 0.15) is 0 Å². The molecule has 0 amide bonds. The molecule has 2 heterocycles. The lowest BCUT2D eigenvalue weighted by Gasteiger charge is -2.23. The molecule has 0 saturated heterocycles. The summed E-state index contributed by atoms with van der Waals surface area (Å²) in [5.41, 5.74) is 0. The van der Waals surface area contributed by atoms with Gasteiger partial charge in [0, 0.05) is 25.5 Å². The Hall–Kier alpha value is -0.560. The predicted molar refractivity (Wildman–Crippen MR) is 90.4 cm³/mol. The molecule has 0 aromatic carbocycles. The Balaban J connectivity index is 1.77. The molecule has 0 aromatic rings. The number of hydrogen-bond donors (Lipinski definition) is 0. The minimum Gasteiger partial charge on any atom is -0.329 e. The highest BCUT2D eigenvalue weighted by Crippen LogP contribution is 2.29. The van der Waals surface area contributed by atoms with E-state index in [0.29, 0.717) is 0 Å². The number of nitrogens with zero attached hydrogens (tertiary/aromatic N) is 2. The van der Waals surface area contributed by atoms with Gasteiger partial charge in [0.15, 0.2) is 8.64 Å². The third-order valence-electron chi connectivity index (χ3n) is 2.28. The highest BCUT2D eigenvalue weighted by molar-refractivity contribution is 8.89. The average molecular weight is 313 g/mol. The highest BCUT2D eigenvalue weighted by Gasteiger charge is 2.12. The van der Waals surface area contributed by atoms with Crippen molar-refractivity contribution in [2.24, 2.45) is 0 Å². The predicted octanol–water partition coefficient (Wildman–Crippen LogP) is 3.71. The van der Waals surface area contributed by atoms with Gasteiger partial charge in [-0.15, -0.1) is 0 Å². The van der Waals surface area contributed by atoms with E-state index >= 15 is 0 Å². The van der Waals surface area contributed by atoms with Crippen LogP contribution in [0, 0.1) is 0 Å². The monoisotopic (exact) mass is 312 g/mol. The number of rotatable bonds is 0. The van der Waals surface area contributed by atoms with Crippen molar-refractivity contribution in [3.05, 3.63) is 48.9 Å². The molecule has 0 radical (unpaired) electrons. The molecule has 0 N–H and O–H groups in total. The second-order valence-corrected chi connectivity index (χ2v) is 6.94. The van der Waals surface area contributed by atoms with Crippen LogP contribution in [0.15, 0.2) is 48.9 Å². The molecule has 0 bridgehead atoms. The van der Waals surface area contributed by atoms with Crippen LogP contribution >= 0.6 is 46.0 Å². The van der Waals surface area contributed by atoms with Crippen LogP contribution in [0.2, 0.25) is 0 Å². The SMILES string of the molecule is S=C(SSC(=S)N1C=CC=CC1)N1C=CC=CC1. The van der Waals surface area contributed by atoms with Crippen molar-refractivity contribution in [1.29, 1.82) is 0 Å². The summed E-state index contributed by atoms with van der Waals surface area (Å²) >= 11 is 10.7. The Labute approximate surface area is 126 Å². The Kier molecular flexibility index (Phi) is 5.49. The summed E-state index contributed by atoms with van der Waals surface area (Å²) in [6, 6.07) is 0. The molecule has 0 aromatic heterocycles. The van der Waals surface area contributed by atoms with Crippen molar-refractivity contribution in [3.63, 3.8) is 0 Å². The number of allylic oxidation sites excluding steroid dienone is 4. The first kappa shape index (κ1) is 13.9.